The topological polar surface area (TPSA) is 26.7 Å². The summed E-state index contributed by atoms with van der Waals surface area (Å²) in [6.07, 6.45) is 3.12. The van der Waals surface area contributed by atoms with Gasteiger partial charge in [0.25, 0.3) is 0 Å². The first-order valence-corrected chi connectivity index (χ1v) is 9.67. The molecule has 2 unspecified atom stereocenters. The van der Waals surface area contributed by atoms with Crippen molar-refractivity contribution in [1.82, 2.24) is 4.90 Å². The Labute approximate surface area is 197 Å². The molecule has 0 bridgehead atoms. The molecule has 0 spiro atoms. The minimum absolute atomic E-state index is 0. The minimum Gasteiger partial charge on any atom is -0.396 e. The van der Waals surface area contributed by atoms with E-state index >= 15 is 0 Å². The van der Waals surface area contributed by atoms with E-state index in [9.17, 15) is 9.50 Å². The summed E-state index contributed by atoms with van der Waals surface area (Å²) in [4.78, 5) is 4.97. The predicted molar refractivity (Wildman–Crippen MR) is 103 cm³/mol. The third-order valence-electron chi connectivity index (χ3n) is 5.97. The normalized spacial score (nSPS) is 22.4. The quantitative estimate of drug-likeness (QED) is 0.589. The third kappa shape index (κ3) is 4.93. The maximum absolute atomic E-state index is 13.0. The largest absolute Gasteiger partial charge is 0.396 e. The number of aliphatic hydroxyl groups is 1. The zero-order valence-electron chi connectivity index (χ0n) is 15.7. The van der Waals surface area contributed by atoms with Gasteiger partial charge in [-0.15, -0.1) is 0 Å². The Kier molecular flexibility index (Phi) is 7.74. The summed E-state index contributed by atoms with van der Waals surface area (Å²) in [6.45, 7) is 4.25. The first-order chi connectivity index (χ1) is 12.7. The van der Waals surface area contributed by atoms with Crippen LogP contribution in [0, 0.1) is 55.8 Å². The van der Waals surface area contributed by atoms with Crippen LogP contribution >= 0.6 is 0 Å². The fourth-order valence-corrected chi connectivity index (χ4v) is 4.53. The number of halogens is 1. The van der Waals surface area contributed by atoms with Crippen molar-refractivity contribution in [1.29, 1.82) is 0 Å². The van der Waals surface area contributed by atoms with Crippen molar-refractivity contribution in [3.8, 4) is 0 Å². The van der Waals surface area contributed by atoms with E-state index in [4.69, 9.17) is 0 Å². The molecule has 5 heteroatoms. The summed E-state index contributed by atoms with van der Waals surface area (Å²) < 4.78 is 13.0. The number of fused-ring (bicyclic) bond motifs is 1. The van der Waals surface area contributed by atoms with Crippen molar-refractivity contribution in [2.45, 2.75) is 25.3 Å². The molecule has 0 saturated carbocycles. The van der Waals surface area contributed by atoms with Gasteiger partial charge in [0.15, 0.2) is 0 Å². The number of nitrogens with zero attached hydrogens (tertiary/aromatic N) is 2. The number of hydrogen-bond donors (Lipinski definition) is 1. The average molecular weight is 581 g/mol. The molecule has 141 valence electrons. The fraction of sp³-hybridized carbons (Fsp3) is 0.455. The Bertz CT molecular complexity index is 739. The number of hydrogen-bond acceptors (Lipinski definition) is 3. The molecule has 0 aromatic heterocycles. The molecule has 0 aliphatic carbocycles. The maximum Gasteiger partial charge on any atom is 0.123 e. The molecule has 2 aromatic carbocycles. The predicted octanol–water partition coefficient (Wildman–Crippen LogP) is 3.11. The van der Waals surface area contributed by atoms with Crippen LogP contribution in [0.25, 0.3) is 0 Å². The second-order valence-electron chi connectivity index (χ2n) is 7.55. The van der Waals surface area contributed by atoms with Crippen molar-refractivity contribution < 1.29 is 53.6 Å². The summed E-state index contributed by atoms with van der Waals surface area (Å²) >= 11 is 0. The number of anilines is 1. The Balaban J connectivity index is 0.00000210. The van der Waals surface area contributed by atoms with Crippen molar-refractivity contribution in [3.05, 3.63) is 65.5 Å². The van der Waals surface area contributed by atoms with Crippen molar-refractivity contribution in [3.63, 3.8) is 0 Å². The van der Waals surface area contributed by atoms with E-state index in [1.165, 1.54) is 28.9 Å². The van der Waals surface area contributed by atoms with Gasteiger partial charge in [-0.2, -0.15) is 0 Å². The second kappa shape index (κ2) is 9.83. The Morgan fingerprint density at radius 2 is 1.81 bits per heavy atom. The van der Waals surface area contributed by atoms with E-state index in [1.54, 1.807) is 0 Å². The molecule has 3 nitrogen and oxygen atoms in total. The van der Waals surface area contributed by atoms with Crippen LogP contribution in [-0.2, 0) is 12.8 Å². The van der Waals surface area contributed by atoms with Crippen LogP contribution in [0.15, 0.2) is 48.5 Å². The Morgan fingerprint density at radius 1 is 1.04 bits per heavy atom. The maximum atomic E-state index is 13.0. The molecule has 27 heavy (non-hydrogen) atoms. The number of aliphatic hydroxyl groups excluding tert-OH is 1. The van der Waals surface area contributed by atoms with Gasteiger partial charge in [0.1, 0.15) is 5.82 Å². The van der Waals surface area contributed by atoms with E-state index in [0.717, 1.165) is 45.4 Å². The van der Waals surface area contributed by atoms with Crippen LogP contribution in [0.5, 0.6) is 0 Å². The van der Waals surface area contributed by atoms with E-state index in [2.05, 4.69) is 34.1 Å². The van der Waals surface area contributed by atoms with E-state index in [1.807, 2.05) is 12.1 Å². The molecule has 4 rings (SSSR count). The number of benzene rings is 2. The summed E-state index contributed by atoms with van der Waals surface area (Å²) in [5.41, 5.74) is 3.96. The summed E-state index contributed by atoms with van der Waals surface area (Å²) in [5.74, 6) is 0.101. The summed E-state index contributed by atoms with van der Waals surface area (Å²) in [6, 6.07) is 15.9. The first kappa shape index (κ1) is 21.2. The molecular formula is C22H27AcFN2O. The monoisotopic (exact) mass is 581 g/mol. The molecule has 2 aliphatic rings. The van der Waals surface area contributed by atoms with Crippen LogP contribution in [0.2, 0.25) is 0 Å². The van der Waals surface area contributed by atoms with Gasteiger partial charge in [-0.05, 0) is 48.6 Å². The number of rotatable bonds is 5. The van der Waals surface area contributed by atoms with Gasteiger partial charge in [0.05, 0.1) is 0 Å². The first-order valence-electron chi connectivity index (χ1n) is 9.67. The zero-order chi connectivity index (χ0) is 17.9. The van der Waals surface area contributed by atoms with E-state index in [0.29, 0.717) is 6.04 Å². The summed E-state index contributed by atoms with van der Waals surface area (Å²) in [7, 11) is 0. The molecular weight excluding hydrogens is 554 g/mol. The van der Waals surface area contributed by atoms with Crippen LogP contribution < -0.4 is 4.90 Å². The van der Waals surface area contributed by atoms with Crippen molar-refractivity contribution in [2.24, 2.45) is 5.92 Å². The van der Waals surface area contributed by atoms with Crippen LogP contribution in [0.3, 0.4) is 0 Å². The molecule has 2 heterocycles. The molecule has 1 fully saturated rings. The molecule has 1 N–H and O–H groups in total. The van der Waals surface area contributed by atoms with Gasteiger partial charge in [0.2, 0.25) is 0 Å². The smallest absolute Gasteiger partial charge is 0.123 e. The van der Waals surface area contributed by atoms with Gasteiger partial charge < -0.3 is 14.9 Å². The SMILES string of the molecule is OCC1CN(CCc2ccc(F)cc2)CCC1N1CCc2ccccc21.[Ac]. The average Bonchev–Trinajstić information content (AvgIpc) is 3.11. The van der Waals surface area contributed by atoms with Gasteiger partial charge in [-0.25, -0.2) is 4.39 Å². The molecule has 1 saturated heterocycles. The molecule has 2 atom stereocenters. The Morgan fingerprint density at radius 3 is 2.59 bits per heavy atom. The second-order valence-corrected chi connectivity index (χ2v) is 7.55. The number of likely N-dealkylation sites (tertiary alicyclic amines) is 1. The standard InChI is InChI=1S/C22H27FN2O.Ac/c23-20-7-5-17(6-8-20)9-12-24-13-11-22(19(15-24)16-26)25-14-10-18-3-1-2-4-21(18)25;/h1-8,19,22,26H,9-16H2;. The van der Waals surface area contributed by atoms with Crippen molar-refractivity contribution in [2.75, 3.05) is 37.7 Å². The van der Waals surface area contributed by atoms with Crippen LogP contribution in [0.4, 0.5) is 10.1 Å². The van der Waals surface area contributed by atoms with Gasteiger partial charge in [-0.1, -0.05) is 30.3 Å². The van der Waals surface area contributed by atoms with Crippen LogP contribution in [0.1, 0.15) is 17.5 Å². The minimum atomic E-state index is -0.180. The molecule has 1 radical (unpaired) electrons. The zero-order valence-corrected chi connectivity index (χ0v) is 20.5. The number of piperidine rings is 1. The van der Waals surface area contributed by atoms with Gasteiger partial charge in [0, 0.05) is 94.5 Å². The molecule has 0 amide bonds. The molecule has 2 aliphatic heterocycles. The van der Waals surface area contributed by atoms with Gasteiger partial charge in [-0.3, -0.25) is 0 Å². The van der Waals surface area contributed by atoms with Crippen molar-refractivity contribution >= 4 is 5.69 Å². The van der Waals surface area contributed by atoms with E-state index in [-0.39, 0.29) is 62.4 Å². The van der Waals surface area contributed by atoms with Gasteiger partial charge >= 0.3 is 0 Å². The Hall–Kier alpha value is -0.468. The summed E-state index contributed by atoms with van der Waals surface area (Å²) in [5, 5.41) is 10.0. The number of para-hydroxylation sites is 1. The molecule has 2 aromatic rings. The third-order valence-corrected chi connectivity index (χ3v) is 5.97. The van der Waals surface area contributed by atoms with E-state index < -0.39 is 0 Å². The van der Waals surface area contributed by atoms with Crippen LogP contribution in [-0.4, -0.2) is 48.8 Å². The fourth-order valence-electron chi connectivity index (χ4n) is 4.53.